The summed E-state index contributed by atoms with van der Waals surface area (Å²) in [6.45, 7) is 5.86. The number of hydrogen-bond donors (Lipinski definition) is 2. The van der Waals surface area contributed by atoms with Crippen LogP contribution in [0.25, 0.3) is 0 Å². The van der Waals surface area contributed by atoms with Crippen LogP contribution in [0, 0.1) is 13.8 Å². The first kappa shape index (κ1) is 12.7. The Bertz CT molecular complexity index is 411. The number of aryl methyl sites for hydroxylation is 2. The first-order chi connectivity index (χ1) is 7.40. The van der Waals surface area contributed by atoms with E-state index in [4.69, 9.17) is 5.11 Å². The van der Waals surface area contributed by atoms with Crippen molar-refractivity contribution in [1.29, 1.82) is 0 Å². The molecular formula is C11H15NO3S. The molecule has 1 unspecified atom stereocenters. The summed E-state index contributed by atoms with van der Waals surface area (Å²) < 4.78 is 0. The number of thiophene rings is 1. The van der Waals surface area contributed by atoms with Gasteiger partial charge in [0.25, 0.3) is 0 Å². The summed E-state index contributed by atoms with van der Waals surface area (Å²) in [5, 5.41) is 11.1. The maximum Gasteiger partial charge on any atom is 0.312 e. The van der Waals surface area contributed by atoms with E-state index in [1.54, 1.807) is 11.3 Å². The molecule has 1 aromatic heterocycles. The molecule has 0 aliphatic heterocycles. The lowest BCUT2D eigenvalue weighted by atomic mass is 10.1. The van der Waals surface area contributed by atoms with E-state index in [0.717, 1.165) is 10.4 Å². The van der Waals surface area contributed by atoms with Crippen molar-refractivity contribution in [3.63, 3.8) is 0 Å². The summed E-state index contributed by atoms with van der Waals surface area (Å²) in [4.78, 5) is 23.9. The normalized spacial score (nSPS) is 12.2. The predicted octanol–water partition coefficient (Wildman–Crippen LogP) is 2.02. The fourth-order valence-electron chi connectivity index (χ4n) is 1.59. The molecule has 0 bridgehead atoms. The average Bonchev–Trinajstić information content (AvgIpc) is 2.43. The van der Waals surface area contributed by atoms with Gasteiger partial charge in [-0.25, -0.2) is 0 Å². The van der Waals surface area contributed by atoms with E-state index in [9.17, 15) is 9.59 Å². The molecule has 1 heterocycles. The van der Waals surface area contributed by atoms with Gasteiger partial charge >= 0.3 is 5.97 Å². The third kappa shape index (κ3) is 3.34. The SMILES string of the molecule is Cc1cc(C(C)NC(=O)CC(=O)O)c(C)s1. The van der Waals surface area contributed by atoms with E-state index >= 15 is 0 Å². The molecule has 88 valence electrons. The van der Waals surface area contributed by atoms with Crippen LogP contribution in [0.4, 0.5) is 0 Å². The second kappa shape index (κ2) is 5.12. The van der Waals surface area contributed by atoms with Gasteiger partial charge in [0.2, 0.25) is 5.91 Å². The number of aliphatic carboxylic acids is 1. The van der Waals surface area contributed by atoms with Crippen LogP contribution in [0.2, 0.25) is 0 Å². The molecule has 1 atom stereocenters. The molecule has 1 amide bonds. The van der Waals surface area contributed by atoms with Gasteiger partial charge in [-0.05, 0) is 32.4 Å². The van der Waals surface area contributed by atoms with Crippen LogP contribution in [0.15, 0.2) is 6.07 Å². The van der Waals surface area contributed by atoms with E-state index < -0.39 is 18.3 Å². The first-order valence-corrected chi connectivity index (χ1v) is 5.80. The number of amides is 1. The molecule has 0 spiro atoms. The van der Waals surface area contributed by atoms with Gasteiger partial charge in [0.15, 0.2) is 0 Å². The van der Waals surface area contributed by atoms with E-state index in [1.807, 2.05) is 26.8 Å². The summed E-state index contributed by atoms with van der Waals surface area (Å²) in [5.74, 6) is -1.56. The maximum absolute atomic E-state index is 11.3. The number of carbonyl (C=O) groups is 2. The van der Waals surface area contributed by atoms with Crippen molar-refractivity contribution < 1.29 is 14.7 Å². The average molecular weight is 241 g/mol. The topological polar surface area (TPSA) is 66.4 Å². The van der Waals surface area contributed by atoms with E-state index in [0.29, 0.717) is 0 Å². The largest absolute Gasteiger partial charge is 0.481 e. The van der Waals surface area contributed by atoms with Crippen molar-refractivity contribution in [2.45, 2.75) is 33.2 Å². The van der Waals surface area contributed by atoms with Crippen molar-refractivity contribution in [3.05, 3.63) is 21.4 Å². The molecule has 0 saturated carbocycles. The van der Waals surface area contributed by atoms with Crippen molar-refractivity contribution in [2.24, 2.45) is 0 Å². The number of carbonyl (C=O) groups excluding carboxylic acids is 1. The van der Waals surface area contributed by atoms with Crippen LogP contribution in [-0.4, -0.2) is 17.0 Å². The molecular weight excluding hydrogens is 226 g/mol. The first-order valence-electron chi connectivity index (χ1n) is 4.98. The van der Waals surface area contributed by atoms with E-state index in [2.05, 4.69) is 5.32 Å². The number of carboxylic acid groups (broad SMARTS) is 1. The second-order valence-electron chi connectivity index (χ2n) is 3.73. The van der Waals surface area contributed by atoms with Crippen molar-refractivity contribution in [3.8, 4) is 0 Å². The van der Waals surface area contributed by atoms with Crippen molar-refractivity contribution in [1.82, 2.24) is 5.32 Å². The van der Waals surface area contributed by atoms with Crippen LogP contribution in [0.1, 0.15) is 34.7 Å². The highest BCUT2D eigenvalue weighted by atomic mass is 32.1. The molecule has 2 N–H and O–H groups in total. The molecule has 4 nitrogen and oxygen atoms in total. The lowest BCUT2D eigenvalue weighted by Crippen LogP contribution is -2.28. The van der Waals surface area contributed by atoms with Crippen molar-refractivity contribution in [2.75, 3.05) is 0 Å². The van der Waals surface area contributed by atoms with Gasteiger partial charge in [-0.2, -0.15) is 0 Å². The minimum Gasteiger partial charge on any atom is -0.481 e. The molecule has 16 heavy (non-hydrogen) atoms. The number of carboxylic acids is 1. The molecule has 0 aliphatic carbocycles. The Labute approximate surface area is 98.3 Å². The summed E-state index contributed by atoms with van der Waals surface area (Å²) in [6.07, 6.45) is -0.480. The monoisotopic (exact) mass is 241 g/mol. The number of nitrogens with one attached hydrogen (secondary N) is 1. The molecule has 1 rings (SSSR count). The molecule has 0 fully saturated rings. The van der Waals surface area contributed by atoms with Crippen LogP contribution in [-0.2, 0) is 9.59 Å². The highest BCUT2D eigenvalue weighted by molar-refractivity contribution is 7.12. The summed E-state index contributed by atoms with van der Waals surface area (Å²) in [5.41, 5.74) is 1.06. The second-order valence-corrected chi connectivity index (χ2v) is 5.19. The third-order valence-corrected chi connectivity index (χ3v) is 3.22. The van der Waals surface area contributed by atoms with Crippen LogP contribution >= 0.6 is 11.3 Å². The molecule has 5 heteroatoms. The summed E-state index contributed by atoms with van der Waals surface area (Å²) in [6, 6.07) is 1.88. The molecule has 0 saturated heterocycles. The number of hydrogen-bond acceptors (Lipinski definition) is 3. The predicted molar refractivity (Wildman–Crippen MR) is 62.6 cm³/mol. The Balaban J connectivity index is 2.65. The Morgan fingerprint density at radius 2 is 2.12 bits per heavy atom. The van der Waals surface area contributed by atoms with Gasteiger partial charge in [0, 0.05) is 9.75 Å². The van der Waals surface area contributed by atoms with Gasteiger partial charge in [0.1, 0.15) is 6.42 Å². The highest BCUT2D eigenvalue weighted by Gasteiger charge is 2.15. The maximum atomic E-state index is 11.3. The molecule has 0 radical (unpaired) electrons. The van der Waals surface area contributed by atoms with Gasteiger partial charge in [0.05, 0.1) is 6.04 Å². The smallest absolute Gasteiger partial charge is 0.312 e. The summed E-state index contributed by atoms with van der Waals surface area (Å²) in [7, 11) is 0. The molecule has 0 aromatic carbocycles. The van der Waals surface area contributed by atoms with Gasteiger partial charge in [-0.15, -0.1) is 11.3 Å². The van der Waals surface area contributed by atoms with Crippen LogP contribution in [0.5, 0.6) is 0 Å². The minimum absolute atomic E-state index is 0.142. The highest BCUT2D eigenvalue weighted by Crippen LogP contribution is 2.25. The zero-order chi connectivity index (χ0) is 12.3. The van der Waals surface area contributed by atoms with Gasteiger partial charge in [-0.1, -0.05) is 0 Å². The minimum atomic E-state index is -1.11. The van der Waals surface area contributed by atoms with E-state index in [1.165, 1.54) is 4.88 Å². The van der Waals surface area contributed by atoms with Crippen LogP contribution < -0.4 is 5.32 Å². The quantitative estimate of drug-likeness (QED) is 0.792. The van der Waals surface area contributed by atoms with Gasteiger partial charge < -0.3 is 10.4 Å². The standard InChI is InChI=1S/C11H15NO3S/c1-6-4-9(8(3)16-6)7(2)12-10(13)5-11(14)15/h4,7H,5H2,1-3H3,(H,12,13)(H,14,15). The lowest BCUT2D eigenvalue weighted by Gasteiger charge is -2.12. The summed E-state index contributed by atoms with van der Waals surface area (Å²) >= 11 is 1.67. The fraction of sp³-hybridized carbons (Fsp3) is 0.455. The van der Waals surface area contributed by atoms with E-state index in [-0.39, 0.29) is 6.04 Å². The van der Waals surface area contributed by atoms with Crippen LogP contribution in [0.3, 0.4) is 0 Å². The lowest BCUT2D eigenvalue weighted by molar-refractivity contribution is -0.140. The Morgan fingerprint density at radius 3 is 2.56 bits per heavy atom. The number of rotatable bonds is 4. The zero-order valence-corrected chi connectivity index (χ0v) is 10.4. The molecule has 0 aliphatic rings. The van der Waals surface area contributed by atoms with Crippen molar-refractivity contribution >= 4 is 23.2 Å². The fourth-order valence-corrected chi connectivity index (χ4v) is 2.61. The zero-order valence-electron chi connectivity index (χ0n) is 9.53. The Kier molecular flexibility index (Phi) is 4.06. The Morgan fingerprint density at radius 1 is 1.50 bits per heavy atom. The third-order valence-electron chi connectivity index (χ3n) is 2.24. The Hall–Kier alpha value is -1.36. The molecule has 1 aromatic rings. The van der Waals surface area contributed by atoms with Gasteiger partial charge in [-0.3, -0.25) is 9.59 Å².